The number of nitrogen functional groups attached to an aromatic ring is 1. The van der Waals surface area contributed by atoms with Gasteiger partial charge in [0.25, 0.3) is 0 Å². The van der Waals surface area contributed by atoms with E-state index in [-0.39, 0.29) is 5.95 Å². The maximum atomic E-state index is 12.1. The van der Waals surface area contributed by atoms with Gasteiger partial charge in [0.2, 0.25) is 0 Å². The van der Waals surface area contributed by atoms with Crippen LogP contribution in [0.3, 0.4) is 0 Å². The van der Waals surface area contributed by atoms with Crippen LogP contribution in [0.2, 0.25) is 0 Å². The molecule has 5 nitrogen and oxygen atoms in total. The summed E-state index contributed by atoms with van der Waals surface area (Å²) in [6.45, 7) is 2.67. The Hall–Kier alpha value is -2.30. The summed E-state index contributed by atoms with van der Waals surface area (Å²) in [6.07, 6.45) is 7.07. The highest BCUT2D eigenvalue weighted by Gasteiger charge is 2.22. The third-order valence-corrected chi connectivity index (χ3v) is 3.69. The molecule has 1 fully saturated rings. The molecule has 1 aromatic heterocycles. The quantitative estimate of drug-likeness (QED) is 0.520. The minimum absolute atomic E-state index is 0.0265. The SMILES string of the molecule is CC=CCc1nc(N)[n+]([O-])c2cc(OCC3CC3)ccc12. The normalized spacial score (nSPS) is 14.9. The molecule has 0 spiro atoms. The number of rotatable bonds is 5. The number of hydrogen-bond acceptors (Lipinski definition) is 4. The van der Waals surface area contributed by atoms with Crippen LogP contribution in [0.25, 0.3) is 10.9 Å². The van der Waals surface area contributed by atoms with Gasteiger partial charge in [0.05, 0.1) is 12.0 Å². The topological polar surface area (TPSA) is 75.1 Å². The Morgan fingerprint density at radius 3 is 3.00 bits per heavy atom. The fourth-order valence-corrected chi connectivity index (χ4v) is 2.26. The van der Waals surface area contributed by atoms with E-state index in [0.717, 1.165) is 17.7 Å². The monoisotopic (exact) mass is 285 g/mol. The van der Waals surface area contributed by atoms with Crippen LogP contribution in [0, 0.1) is 11.1 Å². The van der Waals surface area contributed by atoms with Crippen molar-refractivity contribution in [1.82, 2.24) is 4.98 Å². The average Bonchev–Trinajstić information content (AvgIpc) is 3.31. The van der Waals surface area contributed by atoms with Crippen molar-refractivity contribution in [2.24, 2.45) is 5.92 Å². The molecule has 0 saturated heterocycles. The Morgan fingerprint density at radius 2 is 2.29 bits per heavy atom. The van der Waals surface area contributed by atoms with Gasteiger partial charge in [0.1, 0.15) is 17.0 Å². The van der Waals surface area contributed by atoms with E-state index in [0.29, 0.717) is 28.3 Å². The number of nitrogens with two attached hydrogens (primary N) is 1. The standard InChI is InChI=1S/C16H19N3O2/c1-2-3-4-14-13-8-7-12(21-10-11-5-6-11)9-15(13)19(20)16(17)18-14/h2-3,7-9,11H,4-6,10H2,1H3,(H2,17,18). The first-order chi connectivity index (χ1) is 10.2. The van der Waals surface area contributed by atoms with Gasteiger partial charge in [-0.25, -0.2) is 4.73 Å². The Balaban J connectivity index is 1.99. The van der Waals surface area contributed by atoms with Crippen LogP contribution in [-0.4, -0.2) is 11.6 Å². The van der Waals surface area contributed by atoms with E-state index in [9.17, 15) is 5.21 Å². The number of anilines is 1. The first kappa shape index (κ1) is 13.7. The van der Waals surface area contributed by atoms with Gasteiger partial charge in [-0.1, -0.05) is 17.1 Å². The lowest BCUT2D eigenvalue weighted by Gasteiger charge is -2.13. The van der Waals surface area contributed by atoms with E-state index >= 15 is 0 Å². The molecular weight excluding hydrogens is 266 g/mol. The molecule has 0 amide bonds. The first-order valence-corrected chi connectivity index (χ1v) is 7.24. The molecule has 0 atom stereocenters. The van der Waals surface area contributed by atoms with Crippen LogP contribution in [0.15, 0.2) is 30.4 Å². The molecule has 1 aliphatic carbocycles. The maximum absolute atomic E-state index is 12.1. The zero-order valence-electron chi connectivity index (χ0n) is 12.1. The van der Waals surface area contributed by atoms with E-state index < -0.39 is 0 Å². The van der Waals surface area contributed by atoms with Crippen LogP contribution in [-0.2, 0) is 6.42 Å². The van der Waals surface area contributed by atoms with Crippen molar-refractivity contribution in [3.05, 3.63) is 41.3 Å². The van der Waals surface area contributed by atoms with Gasteiger partial charge in [-0.2, -0.15) is 0 Å². The fraction of sp³-hybridized carbons (Fsp3) is 0.375. The van der Waals surface area contributed by atoms with Crippen molar-refractivity contribution < 1.29 is 9.47 Å². The fourth-order valence-electron chi connectivity index (χ4n) is 2.26. The van der Waals surface area contributed by atoms with E-state index in [1.165, 1.54) is 12.8 Å². The molecular formula is C16H19N3O2. The molecule has 3 rings (SSSR count). The summed E-state index contributed by atoms with van der Waals surface area (Å²) in [5, 5.41) is 12.9. The van der Waals surface area contributed by atoms with Crippen molar-refractivity contribution in [2.45, 2.75) is 26.2 Å². The van der Waals surface area contributed by atoms with Crippen LogP contribution in [0.4, 0.5) is 5.95 Å². The van der Waals surface area contributed by atoms with Gasteiger partial charge in [0, 0.05) is 12.5 Å². The van der Waals surface area contributed by atoms with Crippen molar-refractivity contribution in [3.63, 3.8) is 0 Å². The van der Waals surface area contributed by atoms with Crippen LogP contribution < -0.4 is 15.2 Å². The van der Waals surface area contributed by atoms with E-state index in [1.54, 1.807) is 6.07 Å². The number of aromatic nitrogens is 2. The minimum atomic E-state index is -0.0265. The van der Waals surface area contributed by atoms with Gasteiger partial charge >= 0.3 is 5.95 Å². The lowest BCUT2D eigenvalue weighted by atomic mass is 10.1. The molecule has 1 heterocycles. The average molecular weight is 285 g/mol. The third-order valence-electron chi connectivity index (χ3n) is 3.69. The molecule has 1 aromatic carbocycles. The van der Waals surface area contributed by atoms with Crippen molar-refractivity contribution in [1.29, 1.82) is 0 Å². The molecule has 0 unspecified atom stereocenters. The predicted octanol–water partition coefficient (Wildman–Crippen LogP) is 2.36. The zero-order valence-corrected chi connectivity index (χ0v) is 12.1. The van der Waals surface area contributed by atoms with Crippen LogP contribution in [0.1, 0.15) is 25.5 Å². The largest absolute Gasteiger partial charge is 0.740 e. The van der Waals surface area contributed by atoms with E-state index in [2.05, 4.69) is 4.98 Å². The molecule has 21 heavy (non-hydrogen) atoms. The number of hydrogen-bond donors (Lipinski definition) is 1. The van der Waals surface area contributed by atoms with Crippen molar-refractivity contribution in [3.8, 4) is 5.75 Å². The Bertz CT molecular complexity index is 693. The minimum Gasteiger partial charge on any atom is -0.740 e. The lowest BCUT2D eigenvalue weighted by molar-refractivity contribution is -0.564. The van der Waals surface area contributed by atoms with Crippen molar-refractivity contribution >= 4 is 16.9 Å². The van der Waals surface area contributed by atoms with Crippen molar-refractivity contribution in [2.75, 3.05) is 12.3 Å². The number of fused-ring (bicyclic) bond motifs is 1. The summed E-state index contributed by atoms with van der Waals surface area (Å²) >= 11 is 0. The second-order valence-electron chi connectivity index (χ2n) is 5.42. The molecule has 110 valence electrons. The van der Waals surface area contributed by atoms with E-state index in [1.807, 2.05) is 31.2 Å². The number of ether oxygens (including phenoxy) is 1. The molecule has 2 N–H and O–H groups in total. The first-order valence-electron chi connectivity index (χ1n) is 7.24. The summed E-state index contributed by atoms with van der Waals surface area (Å²) in [5.41, 5.74) is 7.03. The third kappa shape index (κ3) is 2.91. The van der Waals surface area contributed by atoms with Gasteiger partial charge in [-0.15, -0.1) is 0 Å². The van der Waals surface area contributed by atoms with Crippen LogP contribution >= 0.6 is 0 Å². The van der Waals surface area contributed by atoms with E-state index in [4.69, 9.17) is 10.5 Å². The van der Waals surface area contributed by atoms with Gasteiger partial charge in [-0.05, 0) is 37.8 Å². The molecule has 1 saturated carbocycles. The highest BCUT2D eigenvalue weighted by atomic mass is 16.5. The molecule has 0 radical (unpaired) electrons. The smallest absolute Gasteiger partial charge is 0.390 e. The highest BCUT2D eigenvalue weighted by molar-refractivity contribution is 5.80. The van der Waals surface area contributed by atoms with Crippen LogP contribution in [0.5, 0.6) is 5.75 Å². The number of nitrogens with zero attached hydrogens (tertiary/aromatic N) is 2. The summed E-state index contributed by atoms with van der Waals surface area (Å²) in [6, 6.07) is 5.53. The predicted molar refractivity (Wildman–Crippen MR) is 81.9 cm³/mol. The number of benzene rings is 1. The molecule has 0 bridgehead atoms. The molecule has 1 aliphatic rings. The summed E-state index contributed by atoms with van der Waals surface area (Å²) in [7, 11) is 0. The summed E-state index contributed by atoms with van der Waals surface area (Å²) in [5.74, 6) is 1.36. The highest BCUT2D eigenvalue weighted by Crippen LogP contribution is 2.30. The summed E-state index contributed by atoms with van der Waals surface area (Å²) in [4.78, 5) is 4.19. The second kappa shape index (κ2) is 5.60. The molecule has 2 aromatic rings. The summed E-state index contributed by atoms with van der Waals surface area (Å²) < 4.78 is 6.39. The Labute approximate surface area is 123 Å². The lowest BCUT2D eigenvalue weighted by Crippen LogP contribution is -2.33. The maximum Gasteiger partial charge on any atom is 0.390 e. The molecule has 5 heteroatoms. The Morgan fingerprint density at radius 1 is 1.48 bits per heavy atom. The van der Waals surface area contributed by atoms with Gasteiger partial charge in [0.15, 0.2) is 0 Å². The second-order valence-corrected chi connectivity index (χ2v) is 5.42. The number of allylic oxidation sites excluding steroid dienone is 2. The zero-order chi connectivity index (χ0) is 14.8. The van der Waals surface area contributed by atoms with Gasteiger partial charge < -0.3 is 9.94 Å². The molecule has 0 aliphatic heterocycles. The Kier molecular flexibility index (Phi) is 3.64. The van der Waals surface area contributed by atoms with Gasteiger partial charge in [-0.3, -0.25) is 5.73 Å².